The summed E-state index contributed by atoms with van der Waals surface area (Å²) in [5.74, 6) is 0.740. The van der Waals surface area contributed by atoms with Gasteiger partial charge in [-0.25, -0.2) is 0 Å². The minimum absolute atomic E-state index is 0.561. The van der Waals surface area contributed by atoms with Crippen LogP contribution >= 0.6 is 23.2 Å². The summed E-state index contributed by atoms with van der Waals surface area (Å²) in [5, 5.41) is 4.64. The predicted molar refractivity (Wildman–Crippen MR) is 79.1 cm³/mol. The molecule has 0 saturated carbocycles. The Morgan fingerprint density at radius 1 is 1.33 bits per heavy atom. The Labute approximate surface area is 120 Å². The van der Waals surface area contributed by atoms with Crippen LogP contribution in [0.25, 0.3) is 0 Å². The highest BCUT2D eigenvalue weighted by Crippen LogP contribution is 2.31. The van der Waals surface area contributed by atoms with Crippen LogP contribution in [0.4, 0.5) is 0 Å². The first-order chi connectivity index (χ1) is 8.54. The molecule has 2 nitrogen and oxygen atoms in total. The average Bonchev–Trinajstić information content (AvgIpc) is 2.31. The van der Waals surface area contributed by atoms with Gasteiger partial charge >= 0.3 is 0 Å². The Bertz CT molecular complexity index is 359. The minimum atomic E-state index is 0.561. The number of halogens is 2. The van der Waals surface area contributed by atoms with Crippen molar-refractivity contribution in [1.29, 1.82) is 0 Å². The first kappa shape index (κ1) is 15.6. The second-order valence-electron chi connectivity index (χ2n) is 4.50. The number of ether oxygens (including phenoxy) is 1. The largest absolute Gasteiger partial charge is 0.492 e. The maximum absolute atomic E-state index is 6.10. The van der Waals surface area contributed by atoms with E-state index in [9.17, 15) is 0 Å². The van der Waals surface area contributed by atoms with Crippen molar-refractivity contribution in [3.63, 3.8) is 0 Å². The molecule has 1 atom stereocenters. The molecule has 0 heterocycles. The molecule has 1 aromatic carbocycles. The standard InChI is InChI=1S/C14H21Cl2NO/c1-4-11(3)17-6-5-7-18-14-10(2)8-12(15)9-13(14)16/h8-9,11,17H,4-7H2,1-3H3/t11-/m1/s1. The summed E-state index contributed by atoms with van der Waals surface area (Å²) in [4.78, 5) is 0. The van der Waals surface area contributed by atoms with Crippen LogP contribution in [-0.2, 0) is 0 Å². The van der Waals surface area contributed by atoms with Crippen LogP contribution in [0, 0.1) is 6.92 Å². The van der Waals surface area contributed by atoms with Crippen LogP contribution in [-0.4, -0.2) is 19.2 Å². The summed E-state index contributed by atoms with van der Waals surface area (Å²) in [6.07, 6.45) is 2.10. The van der Waals surface area contributed by atoms with Gasteiger partial charge in [-0.3, -0.25) is 0 Å². The Balaban J connectivity index is 2.36. The zero-order valence-electron chi connectivity index (χ0n) is 11.2. The quantitative estimate of drug-likeness (QED) is 0.749. The summed E-state index contributed by atoms with van der Waals surface area (Å²) in [7, 11) is 0. The van der Waals surface area contributed by atoms with Crippen LogP contribution in [0.2, 0.25) is 10.0 Å². The molecule has 0 aromatic heterocycles. The van der Waals surface area contributed by atoms with E-state index in [1.165, 1.54) is 0 Å². The van der Waals surface area contributed by atoms with E-state index in [1.54, 1.807) is 6.07 Å². The number of benzene rings is 1. The van der Waals surface area contributed by atoms with Gasteiger partial charge in [0.1, 0.15) is 5.75 Å². The summed E-state index contributed by atoms with van der Waals surface area (Å²) in [6, 6.07) is 4.13. The molecule has 0 amide bonds. The fourth-order valence-corrected chi connectivity index (χ4v) is 2.26. The molecule has 0 unspecified atom stereocenters. The van der Waals surface area contributed by atoms with Crippen LogP contribution in [0.5, 0.6) is 5.75 Å². The number of hydrogen-bond donors (Lipinski definition) is 1. The highest BCUT2D eigenvalue weighted by Gasteiger charge is 2.07. The molecular formula is C14H21Cl2NO. The van der Waals surface area contributed by atoms with Crippen molar-refractivity contribution in [3.05, 3.63) is 27.7 Å². The van der Waals surface area contributed by atoms with Gasteiger partial charge in [-0.2, -0.15) is 0 Å². The molecule has 0 fully saturated rings. The van der Waals surface area contributed by atoms with E-state index in [2.05, 4.69) is 19.2 Å². The minimum Gasteiger partial charge on any atom is -0.492 e. The number of aryl methyl sites for hydroxylation is 1. The van der Waals surface area contributed by atoms with Crippen molar-refractivity contribution < 1.29 is 4.74 Å². The molecule has 0 aliphatic heterocycles. The Kier molecular flexibility index (Phi) is 6.83. The van der Waals surface area contributed by atoms with Crippen molar-refractivity contribution in [2.75, 3.05) is 13.2 Å². The lowest BCUT2D eigenvalue weighted by Crippen LogP contribution is -2.27. The van der Waals surface area contributed by atoms with E-state index in [1.807, 2.05) is 13.0 Å². The lowest BCUT2D eigenvalue weighted by atomic mass is 10.2. The van der Waals surface area contributed by atoms with Crippen LogP contribution in [0.1, 0.15) is 32.3 Å². The molecule has 0 saturated heterocycles. The zero-order valence-corrected chi connectivity index (χ0v) is 12.7. The molecule has 1 rings (SSSR count). The van der Waals surface area contributed by atoms with E-state index in [4.69, 9.17) is 27.9 Å². The lowest BCUT2D eigenvalue weighted by molar-refractivity contribution is 0.303. The monoisotopic (exact) mass is 289 g/mol. The third-order valence-electron chi connectivity index (χ3n) is 2.87. The second-order valence-corrected chi connectivity index (χ2v) is 5.34. The van der Waals surface area contributed by atoms with Crippen molar-refractivity contribution >= 4 is 23.2 Å². The van der Waals surface area contributed by atoms with Gasteiger partial charge in [0.15, 0.2) is 0 Å². The van der Waals surface area contributed by atoms with Gasteiger partial charge < -0.3 is 10.1 Å². The second kappa shape index (κ2) is 7.88. The van der Waals surface area contributed by atoms with Crippen LogP contribution < -0.4 is 10.1 Å². The van der Waals surface area contributed by atoms with Gasteiger partial charge in [-0.15, -0.1) is 0 Å². The molecule has 0 radical (unpaired) electrons. The number of hydrogen-bond acceptors (Lipinski definition) is 2. The molecule has 1 aromatic rings. The Morgan fingerprint density at radius 2 is 2.06 bits per heavy atom. The summed E-state index contributed by atoms with van der Waals surface area (Å²) < 4.78 is 5.71. The van der Waals surface area contributed by atoms with E-state index in [0.717, 1.165) is 30.7 Å². The van der Waals surface area contributed by atoms with E-state index in [0.29, 0.717) is 22.7 Å². The lowest BCUT2D eigenvalue weighted by Gasteiger charge is -2.13. The van der Waals surface area contributed by atoms with E-state index >= 15 is 0 Å². The molecule has 0 spiro atoms. The Hall–Kier alpha value is -0.440. The highest BCUT2D eigenvalue weighted by molar-refractivity contribution is 6.35. The van der Waals surface area contributed by atoms with Crippen molar-refractivity contribution in [2.45, 2.75) is 39.7 Å². The molecule has 18 heavy (non-hydrogen) atoms. The van der Waals surface area contributed by atoms with Gasteiger partial charge in [-0.05, 0) is 50.9 Å². The summed E-state index contributed by atoms with van der Waals surface area (Å²) in [6.45, 7) is 7.92. The normalized spacial score (nSPS) is 12.5. The maximum atomic E-state index is 6.10. The molecule has 102 valence electrons. The molecule has 0 aliphatic carbocycles. The smallest absolute Gasteiger partial charge is 0.140 e. The first-order valence-corrected chi connectivity index (χ1v) is 7.12. The number of nitrogens with one attached hydrogen (secondary N) is 1. The third-order valence-corrected chi connectivity index (χ3v) is 3.37. The van der Waals surface area contributed by atoms with Crippen LogP contribution in [0.15, 0.2) is 12.1 Å². The van der Waals surface area contributed by atoms with Gasteiger partial charge in [0.2, 0.25) is 0 Å². The van der Waals surface area contributed by atoms with Gasteiger partial charge in [-0.1, -0.05) is 30.1 Å². The SMILES string of the molecule is CC[C@@H](C)NCCCOc1c(C)cc(Cl)cc1Cl. The third kappa shape index (κ3) is 5.05. The zero-order chi connectivity index (χ0) is 13.5. The maximum Gasteiger partial charge on any atom is 0.140 e. The predicted octanol–water partition coefficient (Wildman–Crippen LogP) is 4.46. The van der Waals surface area contributed by atoms with Crippen LogP contribution in [0.3, 0.4) is 0 Å². The van der Waals surface area contributed by atoms with Crippen molar-refractivity contribution in [2.24, 2.45) is 0 Å². The Morgan fingerprint density at radius 3 is 2.67 bits per heavy atom. The van der Waals surface area contributed by atoms with Crippen molar-refractivity contribution in [1.82, 2.24) is 5.32 Å². The van der Waals surface area contributed by atoms with E-state index < -0.39 is 0 Å². The summed E-state index contributed by atoms with van der Waals surface area (Å²) in [5.41, 5.74) is 0.974. The van der Waals surface area contributed by atoms with Gasteiger partial charge in [0, 0.05) is 11.1 Å². The van der Waals surface area contributed by atoms with E-state index in [-0.39, 0.29) is 0 Å². The van der Waals surface area contributed by atoms with Crippen molar-refractivity contribution in [3.8, 4) is 5.75 Å². The topological polar surface area (TPSA) is 21.3 Å². The molecule has 1 N–H and O–H groups in total. The first-order valence-electron chi connectivity index (χ1n) is 6.36. The highest BCUT2D eigenvalue weighted by atomic mass is 35.5. The average molecular weight is 290 g/mol. The fraction of sp³-hybridized carbons (Fsp3) is 0.571. The molecule has 0 aliphatic rings. The van der Waals surface area contributed by atoms with Gasteiger partial charge in [0.05, 0.1) is 11.6 Å². The molecular weight excluding hydrogens is 269 g/mol. The number of rotatable bonds is 7. The summed E-state index contributed by atoms with van der Waals surface area (Å²) >= 11 is 12.0. The molecule has 4 heteroatoms. The van der Waals surface area contributed by atoms with Gasteiger partial charge in [0.25, 0.3) is 0 Å². The fourth-order valence-electron chi connectivity index (χ4n) is 1.61. The molecule has 0 bridgehead atoms.